The number of primary amides is 1. The smallest absolute Gasteiger partial charge is 0.299 e. The molecule has 0 spiro atoms. The van der Waals surface area contributed by atoms with Gasteiger partial charge in [-0.05, 0) is 62.9 Å². The van der Waals surface area contributed by atoms with Crippen LogP contribution in [-0.4, -0.2) is 96.3 Å². The van der Waals surface area contributed by atoms with Crippen LogP contribution in [0.5, 0.6) is 5.75 Å². The number of nitrogens with one attached hydrogen (secondary N) is 3. The molecule has 0 bridgehead atoms. The minimum Gasteiger partial charge on any atom is -0.491 e. The molecule has 1 fully saturated rings. The molecule has 5 rings (SSSR count). The van der Waals surface area contributed by atoms with E-state index in [4.69, 9.17) is 14.9 Å². The Bertz CT molecular complexity index is 1690. The molecule has 262 valence electrons. The van der Waals surface area contributed by atoms with Gasteiger partial charge in [0.15, 0.2) is 5.58 Å². The Morgan fingerprint density at radius 1 is 1.02 bits per heavy atom. The van der Waals surface area contributed by atoms with Crippen LogP contribution in [-0.2, 0) is 19.2 Å². The van der Waals surface area contributed by atoms with Gasteiger partial charge >= 0.3 is 0 Å². The number of pyridine rings is 1. The van der Waals surface area contributed by atoms with Crippen LogP contribution in [0.4, 0.5) is 10.4 Å². The monoisotopic (exact) mass is 680 g/mol. The number of oxazole rings is 1. The normalized spacial score (nSPS) is 19.1. The van der Waals surface area contributed by atoms with Gasteiger partial charge in [0.2, 0.25) is 29.3 Å². The van der Waals surface area contributed by atoms with E-state index < -0.39 is 29.6 Å². The van der Waals surface area contributed by atoms with Gasteiger partial charge in [-0.3, -0.25) is 24.0 Å². The molecule has 3 aromatic rings. The molecule has 0 radical (unpaired) electrons. The number of benzene rings is 1. The lowest BCUT2D eigenvalue weighted by Gasteiger charge is -2.33. The maximum atomic E-state index is 14.1. The molecule has 2 aliphatic heterocycles. The summed E-state index contributed by atoms with van der Waals surface area (Å²) in [6.07, 6.45) is 1.36. The van der Waals surface area contributed by atoms with Crippen molar-refractivity contribution >= 4 is 46.8 Å². The fraction of sp³-hybridized carbons (Fsp3) is 0.485. The van der Waals surface area contributed by atoms with E-state index in [0.29, 0.717) is 49.6 Å². The standard InChI is InChI=1S/C33H41FN8O7/c1-20-4-7-26-29(38-20)40-33(49-26)42-15-10-21(11-16-42)32(47)41-14-2-3-28(44)36-13-18-48-25-8-5-22(34)19-23(25)30(45)39-24(6-9-27(35)43)31(46)37-12-17-41/h4-5,7-8,19,21,24H,2-3,6,9-18H2,1H3,(H2,35,43)(H,36,44)(H,37,46)(H,39,45)/t24-/m0/s1. The zero-order chi connectivity index (χ0) is 34.9. The van der Waals surface area contributed by atoms with E-state index in [2.05, 4.69) is 25.9 Å². The first-order valence-corrected chi connectivity index (χ1v) is 16.4. The van der Waals surface area contributed by atoms with Gasteiger partial charge < -0.3 is 40.6 Å². The summed E-state index contributed by atoms with van der Waals surface area (Å²) in [7, 11) is 0. The van der Waals surface area contributed by atoms with Gasteiger partial charge in [0.1, 0.15) is 24.2 Å². The molecule has 1 atom stereocenters. The Morgan fingerprint density at radius 2 is 1.82 bits per heavy atom. The van der Waals surface area contributed by atoms with Crippen LogP contribution >= 0.6 is 0 Å². The highest BCUT2D eigenvalue weighted by Gasteiger charge is 2.31. The van der Waals surface area contributed by atoms with E-state index in [1.165, 1.54) is 6.07 Å². The number of aryl methyl sites for hydroxylation is 1. The maximum Gasteiger partial charge on any atom is 0.299 e. The Balaban J connectivity index is 1.26. The van der Waals surface area contributed by atoms with Crippen LogP contribution in [0.15, 0.2) is 34.7 Å². The number of ether oxygens (including phenoxy) is 1. The summed E-state index contributed by atoms with van der Waals surface area (Å²) in [5, 5.41) is 8.05. The van der Waals surface area contributed by atoms with Crippen molar-refractivity contribution < 1.29 is 37.5 Å². The molecule has 5 N–H and O–H groups in total. The Morgan fingerprint density at radius 3 is 2.59 bits per heavy atom. The lowest BCUT2D eigenvalue weighted by Crippen LogP contribution is -2.50. The molecule has 5 amide bonds. The predicted octanol–water partition coefficient (Wildman–Crippen LogP) is 1.18. The van der Waals surface area contributed by atoms with Gasteiger partial charge in [0.25, 0.3) is 11.9 Å². The maximum absolute atomic E-state index is 14.1. The van der Waals surface area contributed by atoms with Crippen LogP contribution in [0.1, 0.15) is 54.6 Å². The number of halogens is 1. The zero-order valence-corrected chi connectivity index (χ0v) is 27.3. The lowest BCUT2D eigenvalue weighted by molar-refractivity contribution is -0.137. The number of hydrogen-bond donors (Lipinski definition) is 4. The summed E-state index contributed by atoms with van der Waals surface area (Å²) in [5.74, 6) is -3.31. The van der Waals surface area contributed by atoms with Gasteiger partial charge in [0, 0.05) is 57.2 Å². The summed E-state index contributed by atoms with van der Waals surface area (Å²) >= 11 is 0. The molecular weight excluding hydrogens is 639 g/mol. The fourth-order valence-electron chi connectivity index (χ4n) is 5.85. The van der Waals surface area contributed by atoms with E-state index in [1.807, 2.05) is 24.0 Å². The molecule has 0 saturated carbocycles. The molecule has 15 nitrogen and oxygen atoms in total. The molecule has 1 aromatic carbocycles. The summed E-state index contributed by atoms with van der Waals surface area (Å²) in [5.41, 5.74) is 7.11. The summed E-state index contributed by atoms with van der Waals surface area (Å²) in [6, 6.07) is 6.36. The number of hydrogen-bond acceptors (Lipinski definition) is 10. The van der Waals surface area contributed by atoms with Crippen molar-refractivity contribution in [3.8, 4) is 5.75 Å². The van der Waals surface area contributed by atoms with Gasteiger partial charge in [-0.1, -0.05) is 0 Å². The molecule has 4 heterocycles. The average Bonchev–Trinajstić information content (AvgIpc) is 3.50. The topological polar surface area (TPSA) is 202 Å². The zero-order valence-electron chi connectivity index (χ0n) is 27.3. The van der Waals surface area contributed by atoms with Gasteiger partial charge in [-0.15, -0.1) is 0 Å². The number of aromatic nitrogens is 2. The van der Waals surface area contributed by atoms with Crippen LogP contribution in [0.25, 0.3) is 11.2 Å². The predicted molar refractivity (Wildman–Crippen MR) is 175 cm³/mol. The number of rotatable bonds is 5. The molecule has 0 unspecified atom stereocenters. The highest BCUT2D eigenvalue weighted by molar-refractivity contribution is 5.99. The van der Waals surface area contributed by atoms with E-state index in [0.717, 1.165) is 17.8 Å². The van der Waals surface area contributed by atoms with Crippen LogP contribution in [0, 0.1) is 18.7 Å². The average molecular weight is 681 g/mol. The first kappa shape index (κ1) is 35.0. The molecule has 0 aliphatic carbocycles. The minimum atomic E-state index is -1.17. The second-order valence-electron chi connectivity index (χ2n) is 12.1. The van der Waals surface area contributed by atoms with E-state index in [-0.39, 0.29) is 81.1 Å². The van der Waals surface area contributed by atoms with Crippen molar-refractivity contribution in [1.29, 1.82) is 0 Å². The van der Waals surface area contributed by atoms with E-state index in [1.54, 1.807) is 4.90 Å². The Hall–Kier alpha value is -5.28. The van der Waals surface area contributed by atoms with Crippen molar-refractivity contribution in [1.82, 2.24) is 30.8 Å². The number of anilines is 1. The SMILES string of the molecule is Cc1ccc2oc(N3CCC(C(=O)N4CCCC(=O)NCCOc5ccc(F)cc5C(=O)N[C@@H](CCC(N)=O)C(=O)NCC4)CC3)nc2n1. The number of carbonyl (C=O) groups is 5. The number of fused-ring (bicyclic) bond motifs is 2. The second-order valence-corrected chi connectivity index (χ2v) is 12.1. The van der Waals surface area contributed by atoms with E-state index >= 15 is 0 Å². The van der Waals surface area contributed by atoms with Gasteiger partial charge in [-0.2, -0.15) is 4.98 Å². The van der Waals surface area contributed by atoms with Crippen molar-refractivity contribution in [3.05, 3.63) is 47.4 Å². The first-order valence-electron chi connectivity index (χ1n) is 16.4. The molecule has 1 saturated heterocycles. The Kier molecular flexibility index (Phi) is 11.6. The summed E-state index contributed by atoms with van der Waals surface area (Å²) < 4.78 is 25.7. The number of nitrogens with zero attached hydrogens (tertiary/aromatic N) is 4. The van der Waals surface area contributed by atoms with Crippen molar-refractivity contribution in [2.24, 2.45) is 11.7 Å². The largest absolute Gasteiger partial charge is 0.491 e. The van der Waals surface area contributed by atoms with Crippen LogP contribution in [0.2, 0.25) is 0 Å². The first-order chi connectivity index (χ1) is 23.6. The number of piperidine rings is 1. The fourth-order valence-corrected chi connectivity index (χ4v) is 5.85. The molecule has 2 aromatic heterocycles. The molecule has 2 aliphatic rings. The Labute approximate surface area is 282 Å². The van der Waals surface area contributed by atoms with Crippen LogP contribution in [0.3, 0.4) is 0 Å². The third-order valence-electron chi connectivity index (χ3n) is 8.49. The quantitative estimate of drug-likeness (QED) is 0.303. The highest BCUT2D eigenvalue weighted by atomic mass is 19.1. The molecular formula is C33H41FN8O7. The summed E-state index contributed by atoms with van der Waals surface area (Å²) in [6.45, 7) is 3.58. The summed E-state index contributed by atoms with van der Waals surface area (Å²) in [4.78, 5) is 76.9. The molecule has 49 heavy (non-hydrogen) atoms. The highest BCUT2D eigenvalue weighted by Crippen LogP contribution is 2.27. The minimum absolute atomic E-state index is 0.00768. The van der Waals surface area contributed by atoms with Crippen molar-refractivity contribution in [2.75, 3.05) is 50.8 Å². The number of amides is 5. The van der Waals surface area contributed by atoms with Crippen molar-refractivity contribution in [2.45, 2.75) is 51.5 Å². The number of nitrogens with two attached hydrogens (primary N) is 1. The second kappa shape index (κ2) is 16.2. The third kappa shape index (κ3) is 9.42. The third-order valence-corrected chi connectivity index (χ3v) is 8.49. The number of carbonyl (C=O) groups excluding carboxylic acids is 5. The van der Waals surface area contributed by atoms with Gasteiger partial charge in [0.05, 0.1) is 12.1 Å². The molecule has 16 heteroatoms. The van der Waals surface area contributed by atoms with E-state index in [9.17, 15) is 28.4 Å². The lowest BCUT2D eigenvalue weighted by atomic mass is 9.95. The van der Waals surface area contributed by atoms with Crippen molar-refractivity contribution in [3.63, 3.8) is 0 Å². The van der Waals surface area contributed by atoms with Gasteiger partial charge in [-0.25, -0.2) is 9.37 Å². The van der Waals surface area contributed by atoms with Crippen LogP contribution < -0.4 is 31.3 Å².